The summed E-state index contributed by atoms with van der Waals surface area (Å²) in [7, 11) is 0. The molecule has 0 spiro atoms. The van der Waals surface area contributed by atoms with E-state index in [1.165, 1.54) is 44.1 Å². The Labute approximate surface area is 167 Å². The van der Waals surface area contributed by atoms with Crippen molar-refractivity contribution in [2.24, 2.45) is 11.5 Å². The van der Waals surface area contributed by atoms with E-state index >= 15 is 0 Å². The van der Waals surface area contributed by atoms with Crippen LogP contribution in [0.25, 0.3) is 0 Å². The van der Waals surface area contributed by atoms with E-state index in [0.29, 0.717) is 6.42 Å². The van der Waals surface area contributed by atoms with E-state index in [2.05, 4.69) is 20.4 Å². The number of allylic oxidation sites excluding steroid dienone is 3. The van der Waals surface area contributed by atoms with Crippen molar-refractivity contribution in [1.29, 1.82) is 0 Å². The molecule has 1 atom stereocenters. The first-order chi connectivity index (χ1) is 12.9. The Hall–Kier alpha value is -1.87. The summed E-state index contributed by atoms with van der Waals surface area (Å²) in [4.78, 5) is 10.3. The van der Waals surface area contributed by atoms with Crippen molar-refractivity contribution in [2.75, 3.05) is 0 Å². The molecule has 1 rings (SSSR count). The van der Waals surface area contributed by atoms with Crippen molar-refractivity contribution in [3.63, 3.8) is 0 Å². The average Bonchev–Trinajstić information content (AvgIpc) is 2.64. The molecule has 154 valence electrons. The molecule has 0 saturated carbocycles. The lowest BCUT2D eigenvalue weighted by Crippen LogP contribution is -2.23. The van der Waals surface area contributed by atoms with Crippen LogP contribution in [0.4, 0.5) is 0 Å². The van der Waals surface area contributed by atoms with Gasteiger partial charge in [0.25, 0.3) is 0 Å². The molecular weight excluding hydrogens is 332 g/mol. The fourth-order valence-corrected chi connectivity index (χ4v) is 2.28. The maximum absolute atomic E-state index is 10.3. The molecule has 0 aliphatic carbocycles. The SMILES string of the molecule is C=CC/C=C(\C)N.CCCCCCCC.Cc1cccc(CC(N)C=O)c1. The summed E-state index contributed by atoms with van der Waals surface area (Å²) in [6.45, 7) is 11.9. The van der Waals surface area contributed by atoms with Crippen molar-refractivity contribution in [3.8, 4) is 0 Å². The van der Waals surface area contributed by atoms with Gasteiger partial charge in [-0.2, -0.15) is 0 Å². The average molecular weight is 375 g/mol. The first-order valence-corrected chi connectivity index (χ1v) is 10.2. The fraction of sp³-hybridized carbons (Fsp3) is 0.542. The van der Waals surface area contributed by atoms with Gasteiger partial charge < -0.3 is 16.3 Å². The normalized spacial score (nSPS) is 11.4. The summed E-state index contributed by atoms with van der Waals surface area (Å²) >= 11 is 0. The summed E-state index contributed by atoms with van der Waals surface area (Å²) in [6.07, 6.45) is 14.5. The Bertz CT molecular complexity index is 499. The summed E-state index contributed by atoms with van der Waals surface area (Å²) in [5, 5.41) is 0. The molecule has 0 radical (unpaired) electrons. The van der Waals surface area contributed by atoms with Crippen LogP contribution in [0.15, 0.2) is 48.7 Å². The molecule has 27 heavy (non-hydrogen) atoms. The third-order valence-corrected chi connectivity index (χ3v) is 3.79. The quantitative estimate of drug-likeness (QED) is 0.306. The largest absolute Gasteiger partial charge is 0.403 e. The maximum Gasteiger partial charge on any atom is 0.137 e. The molecule has 1 unspecified atom stereocenters. The van der Waals surface area contributed by atoms with Crippen LogP contribution in [0.1, 0.15) is 76.8 Å². The monoisotopic (exact) mass is 374 g/mol. The van der Waals surface area contributed by atoms with Gasteiger partial charge in [-0.15, -0.1) is 6.58 Å². The third-order valence-electron chi connectivity index (χ3n) is 3.79. The Morgan fingerprint density at radius 1 is 1.15 bits per heavy atom. The van der Waals surface area contributed by atoms with Crippen LogP contribution in [-0.2, 0) is 11.2 Å². The lowest BCUT2D eigenvalue weighted by atomic mass is 10.1. The smallest absolute Gasteiger partial charge is 0.137 e. The molecule has 1 aromatic rings. The van der Waals surface area contributed by atoms with Gasteiger partial charge in [0.05, 0.1) is 6.04 Å². The minimum absolute atomic E-state index is 0.369. The van der Waals surface area contributed by atoms with Crippen LogP contribution < -0.4 is 11.5 Å². The molecule has 0 saturated heterocycles. The molecule has 0 bridgehead atoms. The number of aldehydes is 1. The van der Waals surface area contributed by atoms with E-state index in [9.17, 15) is 4.79 Å². The zero-order chi connectivity index (χ0) is 20.9. The molecular formula is C24H42N2O. The lowest BCUT2D eigenvalue weighted by molar-refractivity contribution is -0.108. The van der Waals surface area contributed by atoms with Gasteiger partial charge >= 0.3 is 0 Å². The van der Waals surface area contributed by atoms with Gasteiger partial charge in [0, 0.05) is 5.70 Å². The van der Waals surface area contributed by atoms with Gasteiger partial charge in [0.15, 0.2) is 0 Å². The molecule has 0 aliphatic heterocycles. The second-order valence-electron chi connectivity index (χ2n) is 6.88. The van der Waals surface area contributed by atoms with Crippen molar-refractivity contribution in [1.82, 2.24) is 0 Å². The van der Waals surface area contributed by atoms with Crippen LogP contribution >= 0.6 is 0 Å². The predicted molar refractivity (Wildman–Crippen MR) is 121 cm³/mol. The number of benzene rings is 1. The number of nitrogens with two attached hydrogens (primary N) is 2. The highest BCUT2D eigenvalue weighted by Gasteiger charge is 2.00. The minimum Gasteiger partial charge on any atom is -0.403 e. The van der Waals surface area contributed by atoms with Gasteiger partial charge in [-0.05, 0) is 32.3 Å². The number of unbranched alkanes of at least 4 members (excludes halogenated alkanes) is 5. The first kappa shape index (κ1) is 27.3. The van der Waals surface area contributed by atoms with Crippen molar-refractivity contribution in [3.05, 3.63) is 59.8 Å². The van der Waals surface area contributed by atoms with Crippen LogP contribution in [0.3, 0.4) is 0 Å². The zero-order valence-electron chi connectivity index (χ0n) is 18.0. The van der Waals surface area contributed by atoms with Gasteiger partial charge in [0.2, 0.25) is 0 Å². The number of carbonyl (C=O) groups excluding carboxylic acids is 1. The number of aryl methyl sites for hydroxylation is 1. The van der Waals surface area contributed by atoms with Crippen molar-refractivity contribution < 1.29 is 4.79 Å². The highest BCUT2D eigenvalue weighted by atomic mass is 16.1. The van der Waals surface area contributed by atoms with Gasteiger partial charge in [-0.1, -0.05) is 94.4 Å². The number of hydrogen-bond acceptors (Lipinski definition) is 3. The standard InChI is InChI=1S/C10H13NO.C8H18.C6H11N/c1-8-3-2-4-9(5-8)6-10(11)7-12;1-3-5-7-8-6-4-2;1-3-4-5-6(2)7/h2-5,7,10H,6,11H2,1H3;3-8H2,1-2H3;3,5H,1,4,7H2,2H3/b;;6-5+. The number of carbonyl (C=O) groups is 1. The molecule has 4 N–H and O–H groups in total. The molecule has 0 heterocycles. The van der Waals surface area contributed by atoms with Crippen LogP contribution in [-0.4, -0.2) is 12.3 Å². The molecule has 0 fully saturated rings. The Balaban J connectivity index is 0. The van der Waals surface area contributed by atoms with E-state index in [1.54, 1.807) is 0 Å². The minimum atomic E-state index is -0.369. The molecule has 0 aliphatic rings. The molecule has 0 aromatic heterocycles. The van der Waals surface area contributed by atoms with Crippen LogP contribution in [0.5, 0.6) is 0 Å². The third kappa shape index (κ3) is 22.1. The molecule has 1 aromatic carbocycles. The Morgan fingerprint density at radius 3 is 2.11 bits per heavy atom. The first-order valence-electron chi connectivity index (χ1n) is 10.2. The fourth-order valence-electron chi connectivity index (χ4n) is 2.28. The number of rotatable bonds is 10. The molecule has 0 amide bonds. The number of hydrogen-bond donors (Lipinski definition) is 2. The van der Waals surface area contributed by atoms with E-state index in [-0.39, 0.29) is 6.04 Å². The maximum atomic E-state index is 10.3. The van der Waals surface area contributed by atoms with Gasteiger partial charge in [-0.25, -0.2) is 0 Å². The van der Waals surface area contributed by atoms with Gasteiger partial charge in [0.1, 0.15) is 6.29 Å². The lowest BCUT2D eigenvalue weighted by Gasteiger charge is -2.04. The summed E-state index contributed by atoms with van der Waals surface area (Å²) in [5.41, 5.74) is 14.0. The topological polar surface area (TPSA) is 69.1 Å². The highest BCUT2D eigenvalue weighted by Crippen LogP contribution is 2.05. The van der Waals surface area contributed by atoms with E-state index < -0.39 is 0 Å². The Kier molecular flexibility index (Phi) is 20.7. The van der Waals surface area contributed by atoms with E-state index in [4.69, 9.17) is 11.5 Å². The second kappa shape index (κ2) is 20.4. The Morgan fingerprint density at radius 2 is 1.74 bits per heavy atom. The van der Waals surface area contributed by atoms with Crippen molar-refractivity contribution >= 4 is 6.29 Å². The van der Waals surface area contributed by atoms with Crippen LogP contribution in [0.2, 0.25) is 0 Å². The summed E-state index contributed by atoms with van der Waals surface area (Å²) in [5.74, 6) is 0. The van der Waals surface area contributed by atoms with E-state index in [1.807, 2.05) is 50.3 Å². The van der Waals surface area contributed by atoms with Gasteiger partial charge in [-0.3, -0.25) is 0 Å². The van der Waals surface area contributed by atoms with Crippen LogP contribution in [0, 0.1) is 6.92 Å². The van der Waals surface area contributed by atoms with Crippen molar-refractivity contribution in [2.45, 2.75) is 85.1 Å². The molecule has 3 heteroatoms. The zero-order valence-corrected chi connectivity index (χ0v) is 18.0. The summed E-state index contributed by atoms with van der Waals surface area (Å²) in [6, 6.07) is 7.66. The predicted octanol–water partition coefficient (Wildman–Crippen LogP) is 5.86. The highest BCUT2D eigenvalue weighted by molar-refractivity contribution is 5.57. The summed E-state index contributed by atoms with van der Waals surface area (Å²) < 4.78 is 0. The molecule has 3 nitrogen and oxygen atoms in total. The van der Waals surface area contributed by atoms with E-state index in [0.717, 1.165) is 24.0 Å². The second-order valence-corrected chi connectivity index (χ2v) is 6.88.